The largest absolute Gasteiger partial charge is 0.356 e. The molecule has 114 valence electrons. The smallest absolute Gasteiger partial charge is 0.324 e. The molecule has 1 aliphatic heterocycles. The Balaban J connectivity index is 1.65. The van der Waals surface area contributed by atoms with Crippen molar-refractivity contribution in [3.8, 4) is 0 Å². The first-order valence-corrected chi connectivity index (χ1v) is 7.42. The van der Waals surface area contributed by atoms with E-state index < -0.39 is 0 Å². The second-order valence-electron chi connectivity index (χ2n) is 5.40. The van der Waals surface area contributed by atoms with Gasteiger partial charge in [-0.15, -0.1) is 0 Å². The third-order valence-corrected chi connectivity index (χ3v) is 3.60. The molecular weight excluding hydrogens is 278 g/mol. The molecule has 2 aromatic rings. The number of rotatable bonds is 3. The molecule has 22 heavy (non-hydrogen) atoms. The number of aryl methyl sites for hydroxylation is 1. The lowest BCUT2D eigenvalue weighted by Crippen LogP contribution is -2.22. The van der Waals surface area contributed by atoms with Gasteiger partial charge in [0.15, 0.2) is 0 Å². The first-order chi connectivity index (χ1) is 10.7. The summed E-state index contributed by atoms with van der Waals surface area (Å²) in [6, 6.07) is 9.15. The average Bonchev–Trinajstić information content (AvgIpc) is 3.01. The van der Waals surface area contributed by atoms with E-state index in [-0.39, 0.29) is 6.03 Å². The van der Waals surface area contributed by atoms with E-state index in [1.165, 1.54) is 19.2 Å². The van der Waals surface area contributed by atoms with E-state index in [0.717, 1.165) is 30.2 Å². The van der Waals surface area contributed by atoms with Gasteiger partial charge >= 0.3 is 6.03 Å². The lowest BCUT2D eigenvalue weighted by molar-refractivity contribution is 0.262. The van der Waals surface area contributed by atoms with E-state index in [4.69, 9.17) is 0 Å². The molecule has 2 N–H and O–H groups in total. The fourth-order valence-corrected chi connectivity index (χ4v) is 2.54. The number of nitrogens with zero attached hydrogens (tertiary/aromatic N) is 3. The SMILES string of the molecule is Cc1cccc(NC(=O)Nc2cc(N3CCCC3)ncn2)c1. The third kappa shape index (κ3) is 3.52. The molecule has 2 amide bonds. The van der Waals surface area contributed by atoms with E-state index in [1.807, 2.05) is 31.2 Å². The van der Waals surface area contributed by atoms with Gasteiger partial charge in [-0.2, -0.15) is 0 Å². The summed E-state index contributed by atoms with van der Waals surface area (Å²) in [5.41, 5.74) is 1.85. The zero-order valence-electron chi connectivity index (χ0n) is 12.5. The number of urea groups is 1. The van der Waals surface area contributed by atoms with Crippen LogP contribution in [0.15, 0.2) is 36.7 Å². The first-order valence-electron chi connectivity index (χ1n) is 7.42. The minimum absolute atomic E-state index is 0.309. The Kier molecular flexibility index (Phi) is 4.18. The van der Waals surface area contributed by atoms with Gasteiger partial charge in [0.2, 0.25) is 0 Å². The topological polar surface area (TPSA) is 70.2 Å². The maximum atomic E-state index is 12.0. The van der Waals surface area contributed by atoms with Gasteiger partial charge in [0.1, 0.15) is 18.0 Å². The van der Waals surface area contributed by atoms with Crippen LogP contribution in [0.25, 0.3) is 0 Å². The number of carbonyl (C=O) groups is 1. The molecule has 6 heteroatoms. The lowest BCUT2D eigenvalue weighted by atomic mass is 10.2. The quantitative estimate of drug-likeness (QED) is 0.913. The van der Waals surface area contributed by atoms with Crippen molar-refractivity contribution in [3.05, 3.63) is 42.2 Å². The lowest BCUT2D eigenvalue weighted by Gasteiger charge is -2.16. The predicted octanol–water partition coefficient (Wildman–Crippen LogP) is 3.03. The zero-order chi connectivity index (χ0) is 15.4. The maximum Gasteiger partial charge on any atom is 0.324 e. The normalized spacial score (nSPS) is 14.0. The van der Waals surface area contributed by atoms with E-state index in [2.05, 4.69) is 25.5 Å². The van der Waals surface area contributed by atoms with E-state index in [1.54, 1.807) is 6.07 Å². The second kappa shape index (κ2) is 6.43. The van der Waals surface area contributed by atoms with E-state index >= 15 is 0 Å². The van der Waals surface area contributed by atoms with E-state index in [0.29, 0.717) is 5.82 Å². The second-order valence-corrected chi connectivity index (χ2v) is 5.40. The molecule has 0 unspecified atom stereocenters. The highest BCUT2D eigenvalue weighted by Gasteiger charge is 2.14. The highest BCUT2D eigenvalue weighted by atomic mass is 16.2. The number of hydrogen-bond donors (Lipinski definition) is 2. The molecule has 0 saturated carbocycles. The molecule has 1 saturated heterocycles. The van der Waals surface area contributed by atoms with Crippen molar-refractivity contribution >= 4 is 23.4 Å². The van der Waals surface area contributed by atoms with Crippen molar-refractivity contribution < 1.29 is 4.79 Å². The number of hydrogen-bond acceptors (Lipinski definition) is 4. The van der Waals surface area contributed by atoms with Gasteiger partial charge in [0.25, 0.3) is 0 Å². The van der Waals surface area contributed by atoms with Crippen LogP contribution >= 0.6 is 0 Å². The van der Waals surface area contributed by atoms with Crippen molar-refractivity contribution in [2.75, 3.05) is 28.6 Å². The fourth-order valence-electron chi connectivity index (χ4n) is 2.54. The van der Waals surface area contributed by atoms with Crippen molar-refractivity contribution in [2.24, 2.45) is 0 Å². The van der Waals surface area contributed by atoms with Crippen molar-refractivity contribution in [1.29, 1.82) is 0 Å². The van der Waals surface area contributed by atoms with Gasteiger partial charge < -0.3 is 10.2 Å². The Labute approximate surface area is 129 Å². The van der Waals surface area contributed by atoms with Crippen molar-refractivity contribution in [2.45, 2.75) is 19.8 Å². The Morgan fingerprint density at radius 3 is 2.73 bits per heavy atom. The molecule has 3 rings (SSSR count). The number of nitrogens with one attached hydrogen (secondary N) is 2. The summed E-state index contributed by atoms with van der Waals surface area (Å²) in [6.45, 7) is 3.99. The number of carbonyl (C=O) groups excluding carboxylic acids is 1. The van der Waals surface area contributed by atoms with Gasteiger partial charge in [-0.1, -0.05) is 12.1 Å². The molecule has 0 spiro atoms. The Morgan fingerprint density at radius 1 is 1.14 bits per heavy atom. The van der Waals surface area contributed by atoms with Crippen LogP contribution in [0.1, 0.15) is 18.4 Å². The molecular formula is C16H19N5O. The van der Waals surface area contributed by atoms with Gasteiger partial charge in [-0.05, 0) is 37.5 Å². The number of aromatic nitrogens is 2. The van der Waals surface area contributed by atoms with Gasteiger partial charge in [-0.3, -0.25) is 5.32 Å². The molecule has 0 aliphatic carbocycles. The molecule has 0 atom stereocenters. The summed E-state index contributed by atoms with van der Waals surface area (Å²) in [4.78, 5) is 22.6. The molecule has 0 bridgehead atoms. The molecule has 1 aromatic heterocycles. The summed E-state index contributed by atoms with van der Waals surface area (Å²) in [5.74, 6) is 1.36. The van der Waals surface area contributed by atoms with Gasteiger partial charge in [-0.25, -0.2) is 14.8 Å². The number of benzene rings is 1. The van der Waals surface area contributed by atoms with Crippen LogP contribution in [0.4, 0.5) is 22.1 Å². The Hall–Kier alpha value is -2.63. The van der Waals surface area contributed by atoms with Gasteiger partial charge in [0, 0.05) is 24.8 Å². The fraction of sp³-hybridized carbons (Fsp3) is 0.312. The van der Waals surface area contributed by atoms with E-state index in [9.17, 15) is 4.79 Å². The summed E-state index contributed by atoms with van der Waals surface area (Å²) in [5, 5.41) is 5.54. The van der Waals surface area contributed by atoms with Gasteiger partial charge in [0.05, 0.1) is 0 Å². The van der Waals surface area contributed by atoms with Crippen LogP contribution in [0, 0.1) is 6.92 Å². The molecule has 2 heterocycles. The standard InChI is InChI=1S/C16H19N5O/c1-12-5-4-6-13(9-12)19-16(22)20-14-10-15(18-11-17-14)21-7-2-3-8-21/h4-6,9-11H,2-3,7-8H2,1H3,(H2,17,18,19,20,22). The monoisotopic (exact) mass is 297 g/mol. The van der Waals surface area contributed by atoms with Crippen LogP contribution in [0.5, 0.6) is 0 Å². The van der Waals surface area contributed by atoms with Crippen molar-refractivity contribution in [1.82, 2.24) is 9.97 Å². The molecule has 1 aromatic carbocycles. The van der Waals surface area contributed by atoms with Crippen LogP contribution < -0.4 is 15.5 Å². The van der Waals surface area contributed by atoms with Crippen molar-refractivity contribution in [3.63, 3.8) is 0 Å². The Morgan fingerprint density at radius 2 is 1.95 bits per heavy atom. The van der Waals surface area contributed by atoms with Crippen LogP contribution in [0.3, 0.4) is 0 Å². The first kappa shape index (κ1) is 14.3. The number of anilines is 3. The summed E-state index contributed by atoms with van der Waals surface area (Å²) < 4.78 is 0. The number of amides is 2. The summed E-state index contributed by atoms with van der Waals surface area (Å²) in [7, 11) is 0. The third-order valence-electron chi connectivity index (χ3n) is 3.60. The highest BCUT2D eigenvalue weighted by molar-refractivity contribution is 5.99. The molecule has 1 aliphatic rings. The maximum absolute atomic E-state index is 12.0. The predicted molar refractivity (Wildman–Crippen MR) is 87.3 cm³/mol. The molecule has 1 fully saturated rings. The average molecular weight is 297 g/mol. The van der Waals surface area contributed by atoms with Crippen LogP contribution in [-0.2, 0) is 0 Å². The summed E-state index contributed by atoms with van der Waals surface area (Å²) in [6.07, 6.45) is 3.84. The summed E-state index contributed by atoms with van der Waals surface area (Å²) >= 11 is 0. The van der Waals surface area contributed by atoms with Crippen LogP contribution in [-0.4, -0.2) is 29.1 Å². The molecule has 6 nitrogen and oxygen atoms in total. The minimum atomic E-state index is -0.309. The molecule has 0 radical (unpaired) electrons. The van der Waals surface area contributed by atoms with Crippen LogP contribution in [0.2, 0.25) is 0 Å². The zero-order valence-corrected chi connectivity index (χ0v) is 12.5. The minimum Gasteiger partial charge on any atom is -0.356 e. The highest BCUT2D eigenvalue weighted by Crippen LogP contribution is 2.19. The Bertz CT molecular complexity index is 667.